The fraction of sp³-hybridized carbons (Fsp3) is 0.462. The number of hydrogen-bond donors (Lipinski definition) is 1. The second-order valence-electron chi connectivity index (χ2n) is 4.82. The van der Waals surface area contributed by atoms with Crippen molar-refractivity contribution >= 4 is 22.6 Å². The van der Waals surface area contributed by atoms with E-state index in [2.05, 4.69) is 15.0 Å². The Morgan fingerprint density at radius 3 is 3.00 bits per heavy atom. The number of H-pyrrole nitrogens is 1. The van der Waals surface area contributed by atoms with Crippen LogP contribution in [0.4, 0.5) is 0 Å². The quantitative estimate of drug-likeness (QED) is 0.804. The molecule has 1 saturated carbocycles. The van der Waals surface area contributed by atoms with Gasteiger partial charge in [0.05, 0.1) is 0 Å². The van der Waals surface area contributed by atoms with E-state index >= 15 is 0 Å². The van der Waals surface area contributed by atoms with Crippen LogP contribution in [0.25, 0.3) is 11.0 Å². The molecule has 0 amide bonds. The number of aromatic amines is 1. The average Bonchev–Trinajstić information content (AvgIpc) is 2.74. The maximum absolute atomic E-state index is 11.4. The molecule has 94 valence electrons. The molecule has 2 unspecified atom stereocenters. The maximum atomic E-state index is 11.4. The Morgan fingerprint density at radius 1 is 1.44 bits per heavy atom. The fourth-order valence-corrected chi connectivity index (χ4v) is 3.27. The lowest BCUT2D eigenvalue weighted by Gasteiger charge is -2.16. The first-order valence-corrected chi connectivity index (χ1v) is 6.60. The molecule has 0 aromatic carbocycles. The number of halogens is 1. The van der Waals surface area contributed by atoms with E-state index in [9.17, 15) is 4.79 Å². The Labute approximate surface area is 109 Å². The minimum Gasteiger partial charge on any atom is -0.309 e. The summed E-state index contributed by atoms with van der Waals surface area (Å²) in [6, 6.07) is 2.00. The number of nitrogens with one attached hydrogen (secondary N) is 1. The minimum absolute atomic E-state index is 0.168. The van der Waals surface area contributed by atoms with Gasteiger partial charge in [-0.2, -0.15) is 4.98 Å². The van der Waals surface area contributed by atoms with E-state index in [1.54, 1.807) is 6.20 Å². The highest BCUT2D eigenvalue weighted by atomic mass is 35.5. The third kappa shape index (κ3) is 1.81. The zero-order chi connectivity index (χ0) is 12.7. The number of fused-ring (bicyclic) bond motifs is 1. The van der Waals surface area contributed by atoms with Gasteiger partial charge < -0.3 is 4.98 Å². The first-order valence-electron chi connectivity index (χ1n) is 6.16. The molecule has 0 aliphatic heterocycles. The van der Waals surface area contributed by atoms with Gasteiger partial charge in [0.1, 0.15) is 0 Å². The molecule has 2 atom stereocenters. The Morgan fingerprint density at radius 2 is 2.28 bits per heavy atom. The van der Waals surface area contributed by atoms with Crippen molar-refractivity contribution in [3.8, 4) is 0 Å². The Hall–Kier alpha value is -1.42. The summed E-state index contributed by atoms with van der Waals surface area (Å²) in [5, 5.41) is 1.12. The molecule has 5 heteroatoms. The van der Waals surface area contributed by atoms with Crippen molar-refractivity contribution in [2.45, 2.75) is 37.5 Å². The number of nitrogens with zero attached hydrogens (tertiary/aromatic N) is 2. The number of aromatic nitrogens is 3. The number of hydrogen-bond acceptors (Lipinski definition) is 3. The van der Waals surface area contributed by atoms with Crippen LogP contribution in [0.15, 0.2) is 17.1 Å². The maximum Gasteiger partial charge on any atom is 0.347 e. The van der Waals surface area contributed by atoms with E-state index in [1.165, 1.54) is 5.56 Å². The molecular weight excluding hydrogens is 250 g/mol. The second kappa shape index (κ2) is 4.35. The first kappa shape index (κ1) is 11.7. The first-order chi connectivity index (χ1) is 8.66. The van der Waals surface area contributed by atoms with Gasteiger partial charge in [-0.3, -0.25) is 0 Å². The summed E-state index contributed by atoms with van der Waals surface area (Å²) in [6.45, 7) is 1.88. The van der Waals surface area contributed by atoms with Crippen molar-refractivity contribution in [3.05, 3.63) is 34.0 Å². The van der Waals surface area contributed by atoms with Crippen LogP contribution in [0.3, 0.4) is 0 Å². The summed E-state index contributed by atoms with van der Waals surface area (Å²) in [6.07, 6.45) is 5.00. The lowest BCUT2D eigenvalue weighted by atomic mass is 9.94. The third-order valence-corrected chi connectivity index (χ3v) is 4.19. The summed E-state index contributed by atoms with van der Waals surface area (Å²) in [5.41, 5.74) is 2.16. The molecule has 18 heavy (non-hydrogen) atoms. The molecule has 0 spiro atoms. The molecule has 0 bridgehead atoms. The van der Waals surface area contributed by atoms with Crippen LogP contribution in [0.5, 0.6) is 0 Å². The smallest absolute Gasteiger partial charge is 0.309 e. The molecule has 2 aromatic rings. The zero-order valence-corrected chi connectivity index (χ0v) is 10.9. The average molecular weight is 264 g/mol. The Balaban J connectivity index is 2.26. The zero-order valence-electron chi connectivity index (χ0n) is 10.1. The molecule has 4 nitrogen and oxygen atoms in total. The van der Waals surface area contributed by atoms with Gasteiger partial charge in [0, 0.05) is 28.6 Å². The summed E-state index contributed by atoms with van der Waals surface area (Å²) < 4.78 is 0. The summed E-state index contributed by atoms with van der Waals surface area (Å²) in [4.78, 5) is 22.2. The van der Waals surface area contributed by atoms with Crippen LogP contribution in [0.2, 0.25) is 0 Å². The van der Waals surface area contributed by atoms with Crippen LogP contribution in [0.1, 0.15) is 36.4 Å². The summed E-state index contributed by atoms with van der Waals surface area (Å²) in [7, 11) is 0. The molecule has 0 radical (unpaired) electrons. The Kier molecular flexibility index (Phi) is 2.82. The molecule has 2 aromatic heterocycles. The van der Waals surface area contributed by atoms with Gasteiger partial charge in [0.15, 0.2) is 5.65 Å². The number of aryl methyl sites for hydroxylation is 1. The molecule has 0 saturated heterocycles. The summed E-state index contributed by atoms with van der Waals surface area (Å²) >= 11 is 6.38. The molecule has 1 aliphatic rings. The normalized spacial score (nSPS) is 23.7. The monoisotopic (exact) mass is 263 g/mol. The number of rotatable bonds is 1. The van der Waals surface area contributed by atoms with Gasteiger partial charge in [-0.05, 0) is 31.4 Å². The second-order valence-corrected chi connectivity index (χ2v) is 5.38. The molecule has 1 fully saturated rings. The summed E-state index contributed by atoms with van der Waals surface area (Å²) in [5.74, 6) is 0.337. The van der Waals surface area contributed by atoms with Crippen molar-refractivity contribution in [1.82, 2.24) is 15.0 Å². The van der Waals surface area contributed by atoms with Gasteiger partial charge in [-0.25, -0.2) is 9.78 Å². The highest BCUT2D eigenvalue weighted by molar-refractivity contribution is 6.21. The van der Waals surface area contributed by atoms with Gasteiger partial charge in [-0.1, -0.05) is 6.42 Å². The van der Waals surface area contributed by atoms with Crippen molar-refractivity contribution in [2.24, 2.45) is 0 Å². The fourth-order valence-electron chi connectivity index (χ4n) is 2.86. The molecule has 1 N–H and O–H groups in total. The van der Waals surface area contributed by atoms with Gasteiger partial charge in [-0.15, -0.1) is 11.6 Å². The van der Waals surface area contributed by atoms with Crippen molar-refractivity contribution in [3.63, 3.8) is 0 Å². The van der Waals surface area contributed by atoms with E-state index < -0.39 is 0 Å². The van der Waals surface area contributed by atoms with Crippen LogP contribution in [0, 0.1) is 6.92 Å². The lowest BCUT2D eigenvalue weighted by molar-refractivity contribution is 0.733. The largest absolute Gasteiger partial charge is 0.347 e. The number of alkyl halides is 1. The van der Waals surface area contributed by atoms with Crippen LogP contribution in [-0.4, -0.2) is 20.3 Å². The molecule has 2 heterocycles. The Bertz CT molecular complexity index is 652. The highest BCUT2D eigenvalue weighted by Gasteiger charge is 2.28. The number of pyridine rings is 1. The standard InChI is InChI=1S/C13H14ClN3O/c1-7-11-9(8-3-2-4-10(8)14)5-6-15-12(11)17-13(18)16-7/h5-6,8,10H,2-4H2,1H3,(H,15,16,17,18). The predicted molar refractivity (Wildman–Crippen MR) is 71.1 cm³/mol. The van der Waals surface area contributed by atoms with Gasteiger partial charge in [0.25, 0.3) is 0 Å². The predicted octanol–water partition coefficient (Wildman–Crippen LogP) is 2.50. The van der Waals surface area contributed by atoms with Crippen LogP contribution < -0.4 is 5.69 Å². The topological polar surface area (TPSA) is 58.6 Å². The van der Waals surface area contributed by atoms with Gasteiger partial charge in [0.2, 0.25) is 0 Å². The SMILES string of the molecule is Cc1[nH]c(=O)nc2nccc(C3CCCC3Cl)c12. The van der Waals surface area contributed by atoms with Crippen molar-refractivity contribution in [1.29, 1.82) is 0 Å². The minimum atomic E-state index is -0.349. The lowest BCUT2D eigenvalue weighted by Crippen LogP contribution is -2.14. The van der Waals surface area contributed by atoms with E-state index in [0.717, 1.165) is 30.3 Å². The third-order valence-electron chi connectivity index (χ3n) is 3.67. The van der Waals surface area contributed by atoms with E-state index in [0.29, 0.717) is 11.6 Å². The van der Waals surface area contributed by atoms with Crippen molar-refractivity contribution in [2.75, 3.05) is 0 Å². The highest BCUT2D eigenvalue weighted by Crippen LogP contribution is 2.40. The molecule has 3 rings (SSSR count). The molecular formula is C13H14ClN3O. The van der Waals surface area contributed by atoms with Crippen LogP contribution in [-0.2, 0) is 0 Å². The van der Waals surface area contributed by atoms with E-state index in [1.807, 2.05) is 13.0 Å². The van der Waals surface area contributed by atoms with E-state index in [4.69, 9.17) is 11.6 Å². The van der Waals surface area contributed by atoms with Crippen molar-refractivity contribution < 1.29 is 0 Å². The van der Waals surface area contributed by atoms with E-state index in [-0.39, 0.29) is 11.1 Å². The van der Waals surface area contributed by atoms with Gasteiger partial charge >= 0.3 is 5.69 Å². The molecule has 1 aliphatic carbocycles. The van der Waals surface area contributed by atoms with Crippen LogP contribution >= 0.6 is 11.6 Å².